The summed E-state index contributed by atoms with van der Waals surface area (Å²) in [6.45, 7) is 2.31. The van der Waals surface area contributed by atoms with Crippen molar-refractivity contribution in [1.82, 2.24) is 5.32 Å². The van der Waals surface area contributed by atoms with Crippen LogP contribution < -0.4 is 20.5 Å². The van der Waals surface area contributed by atoms with Crippen LogP contribution in [0.4, 0.5) is 5.69 Å². The second-order valence-electron chi connectivity index (χ2n) is 4.62. The molecule has 0 fully saturated rings. The van der Waals surface area contributed by atoms with Gasteiger partial charge >= 0.3 is 0 Å². The highest BCUT2D eigenvalue weighted by Gasteiger charge is 2.34. The van der Waals surface area contributed by atoms with E-state index in [2.05, 4.69) is 5.32 Å². The summed E-state index contributed by atoms with van der Waals surface area (Å²) in [6.07, 6.45) is 0. The molecule has 0 spiro atoms. The molecule has 2 aliphatic heterocycles. The molecule has 3 N–H and O–H groups in total. The molecule has 20 heavy (non-hydrogen) atoms. The minimum absolute atomic E-state index is 0.177. The number of thioether (sulfide) groups is 1. The van der Waals surface area contributed by atoms with Crippen molar-refractivity contribution in [2.24, 2.45) is 0 Å². The van der Waals surface area contributed by atoms with Crippen molar-refractivity contribution in [2.75, 3.05) is 24.7 Å². The molecule has 2 aliphatic rings. The summed E-state index contributed by atoms with van der Waals surface area (Å²) < 4.78 is 11.1. The van der Waals surface area contributed by atoms with Crippen molar-refractivity contribution in [3.8, 4) is 11.5 Å². The highest BCUT2D eigenvalue weighted by Crippen LogP contribution is 2.47. The molecule has 0 aliphatic carbocycles. The first-order chi connectivity index (χ1) is 9.58. The van der Waals surface area contributed by atoms with Gasteiger partial charge in [-0.05, 0) is 0 Å². The van der Waals surface area contributed by atoms with E-state index in [1.807, 2.05) is 0 Å². The lowest BCUT2D eigenvalue weighted by molar-refractivity contribution is -0.119. The van der Waals surface area contributed by atoms with E-state index in [-0.39, 0.29) is 11.7 Å². The van der Waals surface area contributed by atoms with Crippen LogP contribution in [-0.4, -0.2) is 36.7 Å². The van der Waals surface area contributed by atoms with Crippen molar-refractivity contribution >= 4 is 29.1 Å². The Morgan fingerprint density at radius 1 is 1.45 bits per heavy atom. The Bertz CT molecular complexity index is 603. The standard InChI is InChI=1S/C13H14N2O4S/c1-6(16)15-8-5-20-13-10(11(8)17)7(14)4-9-12(13)19-3-2-18-9/h4,8H,2-3,5,14H2,1H3,(H,15,16). The van der Waals surface area contributed by atoms with Crippen molar-refractivity contribution in [3.63, 3.8) is 0 Å². The second-order valence-corrected chi connectivity index (χ2v) is 5.65. The molecular formula is C13H14N2O4S. The van der Waals surface area contributed by atoms with Gasteiger partial charge in [0, 0.05) is 24.4 Å². The van der Waals surface area contributed by atoms with Gasteiger partial charge in [-0.3, -0.25) is 9.59 Å². The third kappa shape index (κ3) is 2.07. The van der Waals surface area contributed by atoms with E-state index in [0.717, 1.165) is 0 Å². The lowest BCUT2D eigenvalue weighted by Gasteiger charge is -2.29. The molecule has 3 rings (SSSR count). The minimum Gasteiger partial charge on any atom is -0.486 e. The van der Waals surface area contributed by atoms with E-state index in [0.29, 0.717) is 46.6 Å². The molecule has 1 aromatic carbocycles. The monoisotopic (exact) mass is 294 g/mol. The molecule has 1 unspecified atom stereocenters. The van der Waals surface area contributed by atoms with Crippen molar-refractivity contribution in [2.45, 2.75) is 17.9 Å². The van der Waals surface area contributed by atoms with Gasteiger partial charge in [0.15, 0.2) is 17.3 Å². The highest BCUT2D eigenvalue weighted by molar-refractivity contribution is 7.99. The van der Waals surface area contributed by atoms with E-state index in [1.54, 1.807) is 6.07 Å². The Labute approximate surface area is 120 Å². The van der Waals surface area contributed by atoms with Crippen LogP contribution >= 0.6 is 11.8 Å². The number of amides is 1. The van der Waals surface area contributed by atoms with Crippen molar-refractivity contribution in [3.05, 3.63) is 11.6 Å². The SMILES string of the molecule is CC(=O)NC1CSc2c3c(cc(N)c2C1=O)OCCO3. The number of nitrogen functional groups attached to an aromatic ring is 1. The van der Waals surface area contributed by atoms with E-state index in [1.165, 1.54) is 18.7 Å². The fourth-order valence-electron chi connectivity index (χ4n) is 2.34. The quantitative estimate of drug-likeness (QED) is 0.746. The average Bonchev–Trinajstić information content (AvgIpc) is 2.41. The first kappa shape index (κ1) is 13.1. The van der Waals surface area contributed by atoms with Gasteiger partial charge < -0.3 is 20.5 Å². The maximum absolute atomic E-state index is 12.5. The molecule has 2 heterocycles. The first-order valence-electron chi connectivity index (χ1n) is 6.24. The zero-order chi connectivity index (χ0) is 14.3. The number of carbonyl (C=O) groups excluding carboxylic acids is 2. The summed E-state index contributed by atoms with van der Waals surface area (Å²) >= 11 is 1.45. The topological polar surface area (TPSA) is 90.7 Å². The Balaban J connectivity index is 2.05. The number of benzene rings is 1. The molecule has 7 heteroatoms. The molecule has 0 saturated heterocycles. The molecule has 1 atom stereocenters. The second kappa shape index (κ2) is 4.90. The fraction of sp³-hybridized carbons (Fsp3) is 0.385. The number of nitrogens with one attached hydrogen (secondary N) is 1. The van der Waals surface area contributed by atoms with Crippen LogP contribution in [0, 0.1) is 0 Å². The van der Waals surface area contributed by atoms with Crippen molar-refractivity contribution in [1.29, 1.82) is 0 Å². The van der Waals surface area contributed by atoms with Gasteiger partial charge in [0.2, 0.25) is 5.91 Å². The zero-order valence-electron chi connectivity index (χ0n) is 10.9. The number of carbonyl (C=O) groups is 2. The van der Waals surface area contributed by atoms with Crippen LogP contribution in [0.2, 0.25) is 0 Å². The van der Waals surface area contributed by atoms with Crippen LogP contribution in [-0.2, 0) is 4.79 Å². The Kier molecular flexibility index (Phi) is 3.21. The summed E-state index contributed by atoms with van der Waals surface area (Å²) in [7, 11) is 0. The largest absolute Gasteiger partial charge is 0.486 e. The van der Waals surface area contributed by atoms with Gasteiger partial charge in [0.05, 0.1) is 10.5 Å². The molecule has 1 amide bonds. The number of hydrogen-bond acceptors (Lipinski definition) is 6. The van der Waals surface area contributed by atoms with Gasteiger partial charge in [0.1, 0.15) is 19.3 Å². The molecular weight excluding hydrogens is 280 g/mol. The van der Waals surface area contributed by atoms with Gasteiger partial charge in [-0.25, -0.2) is 0 Å². The molecule has 1 aromatic rings. The van der Waals surface area contributed by atoms with E-state index in [4.69, 9.17) is 15.2 Å². The summed E-state index contributed by atoms with van der Waals surface area (Å²) in [5.41, 5.74) is 6.75. The Hall–Kier alpha value is -1.89. The predicted molar refractivity (Wildman–Crippen MR) is 74.5 cm³/mol. The molecule has 0 saturated carbocycles. The Morgan fingerprint density at radius 3 is 2.95 bits per heavy atom. The molecule has 0 aromatic heterocycles. The van der Waals surface area contributed by atoms with Crippen molar-refractivity contribution < 1.29 is 19.1 Å². The number of fused-ring (bicyclic) bond motifs is 3. The molecule has 0 radical (unpaired) electrons. The third-order valence-corrected chi connectivity index (χ3v) is 4.33. The number of ketones is 1. The number of anilines is 1. The maximum Gasteiger partial charge on any atom is 0.217 e. The highest BCUT2D eigenvalue weighted by atomic mass is 32.2. The number of ether oxygens (including phenoxy) is 2. The fourth-order valence-corrected chi connectivity index (χ4v) is 3.56. The van der Waals surface area contributed by atoms with Gasteiger partial charge in [-0.1, -0.05) is 0 Å². The lowest BCUT2D eigenvalue weighted by Crippen LogP contribution is -2.43. The smallest absolute Gasteiger partial charge is 0.217 e. The summed E-state index contributed by atoms with van der Waals surface area (Å²) in [6, 6.07) is 1.07. The van der Waals surface area contributed by atoms with Gasteiger partial charge in [-0.2, -0.15) is 0 Å². The molecule has 6 nitrogen and oxygen atoms in total. The summed E-state index contributed by atoms with van der Waals surface area (Å²) in [5.74, 6) is 1.21. The number of hydrogen-bond donors (Lipinski definition) is 2. The van der Waals surface area contributed by atoms with Crippen LogP contribution in [0.5, 0.6) is 11.5 Å². The van der Waals surface area contributed by atoms with Gasteiger partial charge in [0.25, 0.3) is 0 Å². The van der Waals surface area contributed by atoms with Crippen LogP contribution in [0.3, 0.4) is 0 Å². The van der Waals surface area contributed by atoms with Gasteiger partial charge in [-0.15, -0.1) is 11.8 Å². The minimum atomic E-state index is -0.546. The zero-order valence-corrected chi connectivity index (χ0v) is 11.7. The van der Waals surface area contributed by atoms with E-state index < -0.39 is 6.04 Å². The first-order valence-corrected chi connectivity index (χ1v) is 7.22. The average molecular weight is 294 g/mol. The maximum atomic E-state index is 12.5. The number of nitrogens with two attached hydrogens (primary N) is 1. The normalized spacial score (nSPS) is 20.2. The van der Waals surface area contributed by atoms with E-state index >= 15 is 0 Å². The molecule has 106 valence electrons. The summed E-state index contributed by atoms with van der Waals surface area (Å²) in [5, 5.41) is 2.64. The number of rotatable bonds is 1. The lowest BCUT2D eigenvalue weighted by atomic mass is 10.0. The number of Topliss-reactive ketones (excluding diaryl/α,β-unsaturated/α-hetero) is 1. The van der Waals surface area contributed by atoms with Crippen LogP contribution in [0.15, 0.2) is 11.0 Å². The predicted octanol–water partition coefficient (Wildman–Crippen LogP) is 0.833. The molecule has 0 bridgehead atoms. The van der Waals surface area contributed by atoms with Crippen LogP contribution in [0.25, 0.3) is 0 Å². The third-order valence-electron chi connectivity index (χ3n) is 3.15. The van der Waals surface area contributed by atoms with Crippen LogP contribution in [0.1, 0.15) is 17.3 Å². The van der Waals surface area contributed by atoms with E-state index in [9.17, 15) is 9.59 Å². The Morgan fingerprint density at radius 2 is 2.20 bits per heavy atom. The summed E-state index contributed by atoms with van der Waals surface area (Å²) in [4.78, 5) is 24.3.